The lowest BCUT2D eigenvalue weighted by Crippen LogP contribution is -2.40. The molecule has 0 unspecified atom stereocenters. The number of allylic oxidation sites excluding steroid dienone is 4. The molecule has 1 heterocycles. The molecule has 0 bridgehead atoms. The van der Waals surface area contributed by atoms with Gasteiger partial charge < -0.3 is 24.4 Å². The van der Waals surface area contributed by atoms with E-state index in [-0.39, 0.29) is 25.2 Å². The number of nitrogens with one attached hydrogen (secondary N) is 1. The van der Waals surface area contributed by atoms with E-state index in [1.54, 1.807) is 0 Å². The summed E-state index contributed by atoms with van der Waals surface area (Å²) in [6.07, 6.45) is 43.5. The van der Waals surface area contributed by atoms with E-state index in [9.17, 15) is 14.4 Å². The Bertz CT molecular complexity index is 892. The fraction of sp³-hybridized carbons (Fsp3) is 0.851. The minimum Gasteiger partial charge on any atom is -0.462 e. The number of unbranched alkanes of at least 4 members (excludes halogenated alkanes) is 22. The first-order chi connectivity index (χ1) is 27.0. The summed E-state index contributed by atoms with van der Waals surface area (Å²) in [5.74, 6) is -0.618. The normalized spacial score (nSPS) is 13.6. The molecule has 1 N–H and O–H groups in total. The smallest absolute Gasteiger partial charge is 0.407 e. The van der Waals surface area contributed by atoms with Gasteiger partial charge in [0.2, 0.25) is 0 Å². The molecule has 0 spiro atoms. The lowest BCUT2D eigenvalue weighted by molar-refractivity contribution is -0.152. The second-order valence-corrected chi connectivity index (χ2v) is 15.9. The number of rotatable bonds is 38. The van der Waals surface area contributed by atoms with Crippen LogP contribution in [0, 0.1) is 0 Å². The molecule has 1 aliphatic heterocycles. The van der Waals surface area contributed by atoms with Gasteiger partial charge in [0.15, 0.2) is 6.10 Å². The number of esters is 2. The van der Waals surface area contributed by atoms with Gasteiger partial charge in [0.05, 0.1) is 0 Å². The average Bonchev–Trinajstić information content (AvgIpc) is 3.19. The Kier molecular flexibility index (Phi) is 36.7. The van der Waals surface area contributed by atoms with Crippen molar-refractivity contribution in [3.63, 3.8) is 0 Å². The predicted octanol–water partition coefficient (Wildman–Crippen LogP) is 12.7. The van der Waals surface area contributed by atoms with Crippen molar-refractivity contribution in [3.8, 4) is 0 Å². The Morgan fingerprint density at radius 1 is 0.527 bits per heavy atom. The highest BCUT2D eigenvalue weighted by Gasteiger charge is 2.20. The Morgan fingerprint density at radius 3 is 1.33 bits per heavy atom. The highest BCUT2D eigenvalue weighted by molar-refractivity contribution is 5.70. The quantitative estimate of drug-likeness (QED) is 0.0289. The molecule has 0 saturated carbocycles. The fourth-order valence-corrected chi connectivity index (χ4v) is 7.00. The molecule has 1 saturated heterocycles. The van der Waals surface area contributed by atoms with Crippen molar-refractivity contribution in [2.24, 2.45) is 0 Å². The predicted molar refractivity (Wildman–Crippen MR) is 229 cm³/mol. The molecule has 1 fully saturated rings. The first-order valence-corrected chi connectivity index (χ1v) is 23.3. The molecule has 8 nitrogen and oxygen atoms in total. The Balaban J connectivity index is 2.23. The molecule has 320 valence electrons. The van der Waals surface area contributed by atoms with Gasteiger partial charge >= 0.3 is 18.0 Å². The van der Waals surface area contributed by atoms with Crippen molar-refractivity contribution in [2.75, 3.05) is 39.4 Å². The summed E-state index contributed by atoms with van der Waals surface area (Å²) in [5, 5.41) is 2.81. The van der Waals surface area contributed by atoms with Crippen LogP contribution in [0.25, 0.3) is 0 Å². The Morgan fingerprint density at radius 2 is 0.909 bits per heavy atom. The second-order valence-electron chi connectivity index (χ2n) is 15.9. The van der Waals surface area contributed by atoms with Crippen LogP contribution in [-0.2, 0) is 23.8 Å². The first kappa shape index (κ1) is 50.7. The summed E-state index contributed by atoms with van der Waals surface area (Å²) >= 11 is 0. The summed E-state index contributed by atoms with van der Waals surface area (Å²) in [6.45, 7) is 7.64. The maximum absolute atomic E-state index is 12.6. The lowest BCUT2D eigenvalue weighted by Gasteiger charge is -2.26. The number of carbonyl (C=O) groups excluding carboxylic acids is 3. The molecule has 0 aliphatic carbocycles. The van der Waals surface area contributed by atoms with E-state index in [4.69, 9.17) is 14.2 Å². The maximum Gasteiger partial charge on any atom is 0.407 e. The zero-order valence-corrected chi connectivity index (χ0v) is 35.9. The molecule has 8 heteroatoms. The molecular weight excluding hydrogens is 689 g/mol. The molecule has 0 aromatic rings. The van der Waals surface area contributed by atoms with E-state index in [1.165, 1.54) is 135 Å². The van der Waals surface area contributed by atoms with Crippen molar-refractivity contribution in [1.82, 2.24) is 10.2 Å². The summed E-state index contributed by atoms with van der Waals surface area (Å²) in [6, 6.07) is 0. The molecule has 0 aromatic heterocycles. The summed E-state index contributed by atoms with van der Waals surface area (Å²) in [4.78, 5) is 40.0. The SMILES string of the molecule is CCCCCCCC/C=C\CCCCCCCC(=O)OCC(COC(=O)CCCCCCC/C=C\CCCCCCCC)OC(=O)NCCN1CCCCC1. The van der Waals surface area contributed by atoms with Gasteiger partial charge in [-0.3, -0.25) is 9.59 Å². The number of hydrogen-bond donors (Lipinski definition) is 1. The monoisotopic (exact) mass is 775 g/mol. The Hall–Kier alpha value is -2.35. The molecule has 1 amide bonds. The number of carbonyl (C=O) groups is 3. The van der Waals surface area contributed by atoms with E-state index in [0.717, 1.165) is 71.0 Å². The largest absolute Gasteiger partial charge is 0.462 e. The van der Waals surface area contributed by atoms with E-state index in [1.807, 2.05) is 0 Å². The van der Waals surface area contributed by atoms with Crippen LogP contribution in [-0.4, -0.2) is 68.4 Å². The van der Waals surface area contributed by atoms with Crippen molar-refractivity contribution < 1.29 is 28.6 Å². The third-order valence-corrected chi connectivity index (χ3v) is 10.6. The second kappa shape index (κ2) is 39.9. The van der Waals surface area contributed by atoms with Gasteiger partial charge in [-0.05, 0) is 90.1 Å². The van der Waals surface area contributed by atoms with Crippen LogP contribution in [0.15, 0.2) is 24.3 Å². The van der Waals surface area contributed by atoms with Crippen LogP contribution in [0.3, 0.4) is 0 Å². The minimum absolute atomic E-state index is 0.121. The number of ether oxygens (including phenoxy) is 3. The number of alkyl carbamates (subject to hydrolysis) is 1. The lowest BCUT2D eigenvalue weighted by atomic mass is 10.1. The topological polar surface area (TPSA) is 94.2 Å². The van der Waals surface area contributed by atoms with E-state index in [2.05, 4.69) is 48.4 Å². The number of amides is 1. The van der Waals surface area contributed by atoms with Crippen molar-refractivity contribution >= 4 is 18.0 Å². The van der Waals surface area contributed by atoms with Gasteiger partial charge in [-0.15, -0.1) is 0 Å². The summed E-state index contributed by atoms with van der Waals surface area (Å²) < 4.78 is 16.5. The van der Waals surface area contributed by atoms with Crippen molar-refractivity contribution in [2.45, 2.75) is 219 Å². The fourth-order valence-electron chi connectivity index (χ4n) is 7.00. The Labute approximate surface area is 338 Å². The molecule has 0 aromatic carbocycles. The van der Waals surface area contributed by atoms with Gasteiger partial charge in [0.25, 0.3) is 0 Å². The van der Waals surface area contributed by atoms with Gasteiger partial charge in [0.1, 0.15) is 13.2 Å². The zero-order valence-electron chi connectivity index (χ0n) is 35.9. The van der Waals surface area contributed by atoms with E-state index >= 15 is 0 Å². The average molecular weight is 775 g/mol. The summed E-state index contributed by atoms with van der Waals surface area (Å²) in [7, 11) is 0. The number of piperidine rings is 1. The number of likely N-dealkylation sites (tertiary alicyclic amines) is 1. The van der Waals surface area contributed by atoms with Crippen LogP contribution in [0.4, 0.5) is 4.79 Å². The van der Waals surface area contributed by atoms with Crippen LogP contribution in [0.2, 0.25) is 0 Å². The molecule has 0 atom stereocenters. The molecule has 1 aliphatic rings. The maximum atomic E-state index is 12.6. The van der Waals surface area contributed by atoms with Gasteiger partial charge in [-0.1, -0.05) is 147 Å². The first-order valence-electron chi connectivity index (χ1n) is 23.3. The van der Waals surface area contributed by atoms with Crippen LogP contribution in [0.1, 0.15) is 213 Å². The van der Waals surface area contributed by atoms with Gasteiger partial charge in [-0.25, -0.2) is 4.79 Å². The molecule has 1 rings (SSSR count). The number of nitrogens with zero attached hydrogens (tertiary/aromatic N) is 1. The number of hydrogen-bond acceptors (Lipinski definition) is 7. The van der Waals surface area contributed by atoms with Crippen LogP contribution < -0.4 is 5.32 Å². The van der Waals surface area contributed by atoms with Gasteiger partial charge in [-0.2, -0.15) is 0 Å². The standard InChI is InChI=1S/C47H86N2O6/c1-3-5-7-9-11-13-15-17-19-21-23-25-27-29-32-36-45(50)53-42-44(55-47(52)48-38-41-49-39-34-31-35-40-49)43-54-46(51)37-33-30-28-26-24-22-20-18-16-14-12-10-8-6-4-2/h17-20,44H,3-16,21-43H2,1-2H3,(H,48,52)/b19-17-,20-18-. The highest BCUT2D eigenvalue weighted by Crippen LogP contribution is 2.13. The third kappa shape index (κ3) is 35.8. The molecular formula is C47H86N2O6. The van der Waals surface area contributed by atoms with Crippen molar-refractivity contribution in [1.29, 1.82) is 0 Å². The minimum atomic E-state index is -0.842. The van der Waals surface area contributed by atoms with Crippen LogP contribution in [0.5, 0.6) is 0 Å². The van der Waals surface area contributed by atoms with E-state index < -0.39 is 12.2 Å². The zero-order chi connectivity index (χ0) is 39.7. The van der Waals surface area contributed by atoms with Crippen LogP contribution >= 0.6 is 0 Å². The highest BCUT2D eigenvalue weighted by atomic mass is 16.6. The molecule has 55 heavy (non-hydrogen) atoms. The van der Waals surface area contributed by atoms with E-state index in [0.29, 0.717) is 19.4 Å². The third-order valence-electron chi connectivity index (χ3n) is 10.6. The molecule has 0 radical (unpaired) electrons. The van der Waals surface area contributed by atoms with Gasteiger partial charge in [0, 0.05) is 25.9 Å². The summed E-state index contributed by atoms with van der Waals surface area (Å²) in [5.41, 5.74) is 0. The van der Waals surface area contributed by atoms with Crippen molar-refractivity contribution in [3.05, 3.63) is 24.3 Å².